The standard InChI is InChI=1S/C14H19N/c1-10-6-5-8-12-11-7-3-2-4-9-13(11)15-14(10)12/h5-6,8,11,13,15H,2-4,7,9H2,1H3. The topological polar surface area (TPSA) is 12.0 Å². The normalized spacial score (nSPS) is 28.9. The van der Waals surface area contributed by atoms with Gasteiger partial charge >= 0.3 is 0 Å². The van der Waals surface area contributed by atoms with Gasteiger partial charge in [0.25, 0.3) is 0 Å². The lowest BCUT2D eigenvalue weighted by Gasteiger charge is -2.16. The van der Waals surface area contributed by atoms with Crippen LogP contribution in [0.4, 0.5) is 5.69 Å². The molecule has 0 bridgehead atoms. The van der Waals surface area contributed by atoms with Crippen LogP contribution in [0.2, 0.25) is 0 Å². The number of hydrogen-bond acceptors (Lipinski definition) is 1. The van der Waals surface area contributed by atoms with Crippen molar-refractivity contribution in [3.63, 3.8) is 0 Å². The molecule has 1 heterocycles. The van der Waals surface area contributed by atoms with Crippen LogP contribution in [0.1, 0.15) is 49.1 Å². The molecule has 15 heavy (non-hydrogen) atoms. The van der Waals surface area contributed by atoms with Crippen molar-refractivity contribution in [2.45, 2.75) is 51.0 Å². The highest BCUT2D eigenvalue weighted by Crippen LogP contribution is 2.43. The third-order valence-electron chi connectivity index (χ3n) is 4.05. The SMILES string of the molecule is Cc1cccc2c1NC1CCCCCC21. The minimum Gasteiger partial charge on any atom is -0.381 e. The lowest BCUT2D eigenvalue weighted by molar-refractivity contribution is 0.562. The molecule has 1 N–H and O–H groups in total. The van der Waals surface area contributed by atoms with Gasteiger partial charge in [0.05, 0.1) is 0 Å². The fourth-order valence-corrected chi connectivity index (χ4v) is 3.23. The van der Waals surface area contributed by atoms with Gasteiger partial charge in [-0.2, -0.15) is 0 Å². The third kappa shape index (κ3) is 1.45. The highest BCUT2D eigenvalue weighted by molar-refractivity contribution is 5.64. The Morgan fingerprint density at radius 3 is 2.93 bits per heavy atom. The predicted molar refractivity (Wildman–Crippen MR) is 64.4 cm³/mol. The predicted octanol–water partition coefficient (Wildman–Crippen LogP) is 3.84. The molecule has 0 amide bonds. The average Bonchev–Trinajstić information content (AvgIpc) is 2.45. The molecule has 3 rings (SSSR count). The van der Waals surface area contributed by atoms with Crippen molar-refractivity contribution in [1.29, 1.82) is 0 Å². The molecule has 1 saturated carbocycles. The Labute approximate surface area is 91.9 Å². The van der Waals surface area contributed by atoms with Crippen molar-refractivity contribution in [3.8, 4) is 0 Å². The van der Waals surface area contributed by atoms with Gasteiger partial charge in [0.15, 0.2) is 0 Å². The van der Waals surface area contributed by atoms with E-state index in [1.807, 2.05) is 0 Å². The van der Waals surface area contributed by atoms with Crippen molar-refractivity contribution >= 4 is 5.69 Å². The monoisotopic (exact) mass is 201 g/mol. The number of aryl methyl sites for hydroxylation is 1. The van der Waals surface area contributed by atoms with Gasteiger partial charge in [0.1, 0.15) is 0 Å². The number of fused-ring (bicyclic) bond motifs is 3. The molecular weight excluding hydrogens is 182 g/mol. The van der Waals surface area contributed by atoms with Gasteiger partial charge in [-0.3, -0.25) is 0 Å². The smallest absolute Gasteiger partial charge is 0.0408 e. The quantitative estimate of drug-likeness (QED) is 0.672. The van der Waals surface area contributed by atoms with Crippen molar-refractivity contribution in [2.24, 2.45) is 0 Å². The Bertz CT molecular complexity index is 370. The summed E-state index contributed by atoms with van der Waals surface area (Å²) in [5, 5.41) is 3.74. The summed E-state index contributed by atoms with van der Waals surface area (Å²) < 4.78 is 0. The van der Waals surface area contributed by atoms with E-state index in [4.69, 9.17) is 0 Å². The van der Waals surface area contributed by atoms with E-state index >= 15 is 0 Å². The summed E-state index contributed by atoms with van der Waals surface area (Å²) in [6, 6.07) is 7.48. The van der Waals surface area contributed by atoms with Crippen molar-refractivity contribution < 1.29 is 0 Å². The zero-order valence-corrected chi connectivity index (χ0v) is 9.42. The Balaban J connectivity index is 2.00. The molecule has 2 aliphatic rings. The Kier molecular flexibility index (Phi) is 2.19. The second kappa shape index (κ2) is 3.55. The third-order valence-corrected chi connectivity index (χ3v) is 4.05. The second-order valence-electron chi connectivity index (χ2n) is 5.03. The minimum absolute atomic E-state index is 0.726. The van der Waals surface area contributed by atoms with Crippen molar-refractivity contribution in [2.75, 3.05) is 5.32 Å². The summed E-state index contributed by atoms with van der Waals surface area (Å²) in [6.07, 6.45) is 6.99. The maximum atomic E-state index is 3.74. The van der Waals surface area contributed by atoms with E-state index in [1.54, 1.807) is 5.56 Å². The molecule has 0 spiro atoms. The Morgan fingerprint density at radius 1 is 1.13 bits per heavy atom. The number of para-hydroxylation sites is 1. The van der Waals surface area contributed by atoms with E-state index in [-0.39, 0.29) is 0 Å². The van der Waals surface area contributed by atoms with E-state index in [0.717, 1.165) is 12.0 Å². The molecule has 0 saturated heterocycles. The Morgan fingerprint density at radius 2 is 2.00 bits per heavy atom. The first-order chi connectivity index (χ1) is 7.36. The highest BCUT2D eigenvalue weighted by Gasteiger charge is 2.33. The largest absolute Gasteiger partial charge is 0.381 e. The molecular formula is C14H19N. The highest BCUT2D eigenvalue weighted by atomic mass is 15.0. The first-order valence-corrected chi connectivity index (χ1v) is 6.22. The maximum absolute atomic E-state index is 3.74. The van der Waals surface area contributed by atoms with E-state index in [2.05, 4.69) is 30.4 Å². The van der Waals surface area contributed by atoms with Crippen LogP contribution in [-0.4, -0.2) is 6.04 Å². The van der Waals surface area contributed by atoms with Gasteiger partial charge in [0, 0.05) is 17.6 Å². The summed E-state index contributed by atoms with van der Waals surface area (Å²) in [7, 11) is 0. The molecule has 1 heteroatoms. The van der Waals surface area contributed by atoms with Gasteiger partial charge in [-0.25, -0.2) is 0 Å². The molecule has 1 aromatic carbocycles. The molecule has 1 fully saturated rings. The average molecular weight is 201 g/mol. The van der Waals surface area contributed by atoms with Crippen LogP contribution in [0.5, 0.6) is 0 Å². The first-order valence-electron chi connectivity index (χ1n) is 6.22. The molecule has 1 aliphatic heterocycles. The molecule has 1 aliphatic carbocycles. The van der Waals surface area contributed by atoms with E-state index in [0.29, 0.717) is 0 Å². The molecule has 1 aromatic rings. The summed E-state index contributed by atoms with van der Waals surface area (Å²) >= 11 is 0. The van der Waals surface area contributed by atoms with Crippen LogP contribution in [0.15, 0.2) is 18.2 Å². The summed E-state index contributed by atoms with van der Waals surface area (Å²) in [5.74, 6) is 0.794. The molecule has 2 unspecified atom stereocenters. The minimum atomic E-state index is 0.726. The maximum Gasteiger partial charge on any atom is 0.0408 e. The van der Waals surface area contributed by atoms with Crippen LogP contribution in [0.3, 0.4) is 0 Å². The van der Waals surface area contributed by atoms with E-state index < -0.39 is 0 Å². The molecule has 0 radical (unpaired) electrons. The number of hydrogen-bond donors (Lipinski definition) is 1. The summed E-state index contributed by atoms with van der Waals surface area (Å²) in [6.45, 7) is 2.22. The zero-order chi connectivity index (χ0) is 10.3. The molecule has 2 atom stereocenters. The van der Waals surface area contributed by atoms with Gasteiger partial charge in [0.2, 0.25) is 0 Å². The number of rotatable bonds is 0. The molecule has 80 valence electrons. The van der Waals surface area contributed by atoms with Gasteiger partial charge in [-0.05, 0) is 30.9 Å². The zero-order valence-electron chi connectivity index (χ0n) is 9.42. The fraction of sp³-hybridized carbons (Fsp3) is 0.571. The number of anilines is 1. The first kappa shape index (κ1) is 9.26. The number of benzene rings is 1. The van der Waals surface area contributed by atoms with E-state index in [1.165, 1.54) is 43.4 Å². The Hall–Kier alpha value is -0.980. The summed E-state index contributed by atoms with van der Waals surface area (Å²) in [5.41, 5.74) is 4.44. The van der Waals surface area contributed by atoms with Crippen LogP contribution in [0.25, 0.3) is 0 Å². The van der Waals surface area contributed by atoms with Crippen molar-refractivity contribution in [3.05, 3.63) is 29.3 Å². The lowest BCUT2D eigenvalue weighted by atomic mass is 9.90. The van der Waals surface area contributed by atoms with Crippen LogP contribution < -0.4 is 5.32 Å². The van der Waals surface area contributed by atoms with Crippen LogP contribution in [-0.2, 0) is 0 Å². The second-order valence-corrected chi connectivity index (χ2v) is 5.03. The lowest BCUT2D eigenvalue weighted by Crippen LogP contribution is -2.18. The fourth-order valence-electron chi connectivity index (χ4n) is 3.23. The van der Waals surface area contributed by atoms with Gasteiger partial charge in [-0.1, -0.05) is 37.5 Å². The molecule has 1 nitrogen and oxygen atoms in total. The number of nitrogens with one attached hydrogen (secondary N) is 1. The van der Waals surface area contributed by atoms with Crippen LogP contribution >= 0.6 is 0 Å². The van der Waals surface area contributed by atoms with Crippen LogP contribution in [0, 0.1) is 6.92 Å². The van der Waals surface area contributed by atoms with Gasteiger partial charge < -0.3 is 5.32 Å². The summed E-state index contributed by atoms with van der Waals surface area (Å²) in [4.78, 5) is 0. The van der Waals surface area contributed by atoms with Crippen molar-refractivity contribution in [1.82, 2.24) is 0 Å². The van der Waals surface area contributed by atoms with E-state index in [9.17, 15) is 0 Å². The van der Waals surface area contributed by atoms with Gasteiger partial charge in [-0.15, -0.1) is 0 Å². The molecule has 0 aromatic heterocycles.